The van der Waals surface area contributed by atoms with Crippen LogP contribution in [0.3, 0.4) is 0 Å². The lowest BCUT2D eigenvalue weighted by Crippen LogP contribution is -2.29. The van der Waals surface area contributed by atoms with Crippen LogP contribution in [0.2, 0.25) is 0 Å². The predicted molar refractivity (Wildman–Crippen MR) is 122 cm³/mol. The molecule has 0 atom stereocenters. The van der Waals surface area contributed by atoms with E-state index in [9.17, 15) is 10.1 Å². The highest BCUT2D eigenvalue weighted by Crippen LogP contribution is 2.27. The Balaban J connectivity index is 1.39. The van der Waals surface area contributed by atoms with Crippen LogP contribution in [-0.2, 0) is 6.54 Å². The van der Waals surface area contributed by atoms with E-state index in [0.29, 0.717) is 25.0 Å². The zero-order valence-electron chi connectivity index (χ0n) is 17.8. The summed E-state index contributed by atoms with van der Waals surface area (Å²) >= 11 is 0. The molecule has 2 fully saturated rings. The fourth-order valence-corrected chi connectivity index (χ4v) is 4.38. The van der Waals surface area contributed by atoms with Crippen LogP contribution in [0.4, 0.5) is 23.1 Å². The monoisotopic (exact) mass is 425 g/mol. The Labute approximate surface area is 182 Å². The van der Waals surface area contributed by atoms with Gasteiger partial charge >= 0.3 is 5.69 Å². The largest absolute Gasteiger partial charge is 0.372 e. The average Bonchev–Trinajstić information content (AvgIpc) is 3.32. The van der Waals surface area contributed by atoms with Crippen LogP contribution in [0, 0.1) is 16.0 Å². The molecule has 1 aromatic carbocycles. The molecule has 1 saturated carbocycles. The smallest absolute Gasteiger partial charge is 0.329 e. The van der Waals surface area contributed by atoms with Crippen LogP contribution in [0.15, 0.2) is 30.5 Å². The van der Waals surface area contributed by atoms with E-state index in [1.807, 2.05) is 0 Å². The predicted octanol–water partition coefficient (Wildman–Crippen LogP) is 3.53. The highest BCUT2D eigenvalue weighted by molar-refractivity contribution is 5.57. The Morgan fingerprint density at radius 3 is 2.68 bits per heavy atom. The van der Waals surface area contributed by atoms with Gasteiger partial charge in [-0.3, -0.25) is 10.1 Å². The first-order valence-electron chi connectivity index (χ1n) is 11.2. The van der Waals surface area contributed by atoms with E-state index in [2.05, 4.69) is 49.8 Å². The average molecular weight is 426 g/mol. The van der Waals surface area contributed by atoms with E-state index >= 15 is 0 Å². The second-order valence-electron chi connectivity index (χ2n) is 8.56. The van der Waals surface area contributed by atoms with Gasteiger partial charge in [-0.1, -0.05) is 12.1 Å². The van der Waals surface area contributed by atoms with Crippen LogP contribution in [-0.4, -0.2) is 40.6 Å². The van der Waals surface area contributed by atoms with Crippen LogP contribution >= 0.6 is 0 Å². The number of nitrogens with two attached hydrogens (primary N) is 1. The van der Waals surface area contributed by atoms with E-state index in [1.165, 1.54) is 24.7 Å². The van der Waals surface area contributed by atoms with Gasteiger partial charge in [-0.2, -0.15) is 4.98 Å². The fourth-order valence-electron chi connectivity index (χ4n) is 4.38. The quantitative estimate of drug-likeness (QED) is 0.434. The van der Waals surface area contributed by atoms with Crippen LogP contribution < -0.4 is 21.3 Å². The van der Waals surface area contributed by atoms with Crippen molar-refractivity contribution < 1.29 is 4.92 Å². The number of aromatic nitrogens is 2. The first kappa shape index (κ1) is 21.3. The molecule has 0 radical (unpaired) electrons. The molecule has 4 N–H and O–H groups in total. The Morgan fingerprint density at radius 1 is 1.16 bits per heavy atom. The first-order valence-corrected chi connectivity index (χ1v) is 11.2. The highest BCUT2D eigenvalue weighted by Gasteiger charge is 2.22. The number of benzene rings is 1. The third-order valence-corrected chi connectivity index (χ3v) is 6.25. The van der Waals surface area contributed by atoms with Gasteiger partial charge in [0.15, 0.2) is 0 Å². The van der Waals surface area contributed by atoms with E-state index in [0.717, 1.165) is 44.3 Å². The van der Waals surface area contributed by atoms with Gasteiger partial charge in [0.25, 0.3) is 0 Å². The molecule has 0 spiro atoms. The molecular weight excluding hydrogens is 394 g/mol. The summed E-state index contributed by atoms with van der Waals surface area (Å²) in [6.07, 6.45) is 7.82. The number of nitro groups is 1. The molecule has 9 heteroatoms. The highest BCUT2D eigenvalue weighted by atomic mass is 16.6. The molecule has 166 valence electrons. The van der Waals surface area contributed by atoms with Gasteiger partial charge in [-0.15, -0.1) is 0 Å². The molecule has 9 nitrogen and oxygen atoms in total. The van der Waals surface area contributed by atoms with Crippen molar-refractivity contribution in [3.05, 3.63) is 46.1 Å². The fraction of sp³-hybridized carbons (Fsp3) is 0.545. The summed E-state index contributed by atoms with van der Waals surface area (Å²) in [7, 11) is 0. The zero-order chi connectivity index (χ0) is 21.6. The second-order valence-corrected chi connectivity index (χ2v) is 8.56. The Bertz CT molecular complexity index is 893. The molecule has 2 aromatic rings. The second kappa shape index (κ2) is 9.91. The van der Waals surface area contributed by atoms with Crippen molar-refractivity contribution in [1.82, 2.24) is 9.97 Å². The molecule has 1 aromatic heterocycles. The van der Waals surface area contributed by atoms with Gasteiger partial charge in [-0.25, -0.2) is 4.98 Å². The maximum Gasteiger partial charge on any atom is 0.329 e. The number of hydrogen-bond donors (Lipinski definition) is 3. The standard InChI is InChI=1S/C22H31N7O2/c23-18-8-6-16(7-9-18)13-24-21-20(29(30)31)15-26-22(27-21)25-14-17-4-3-5-19(12-17)28-10-1-2-11-28/h3-5,12,15-16,18H,1-2,6-11,13-14,23H2,(H2,24,25,26,27)/t16-,18-. The lowest BCUT2D eigenvalue weighted by atomic mass is 9.86. The van der Waals surface area contributed by atoms with Gasteiger partial charge in [0.2, 0.25) is 11.8 Å². The molecular formula is C22H31N7O2. The number of nitrogens with one attached hydrogen (secondary N) is 2. The minimum atomic E-state index is -0.442. The van der Waals surface area contributed by atoms with Crippen molar-refractivity contribution in [2.75, 3.05) is 35.2 Å². The number of nitrogens with zero attached hydrogens (tertiary/aromatic N) is 4. The Hall–Kier alpha value is -2.94. The van der Waals surface area contributed by atoms with Gasteiger partial charge in [-0.05, 0) is 62.1 Å². The minimum Gasteiger partial charge on any atom is -0.372 e. The zero-order valence-corrected chi connectivity index (χ0v) is 17.8. The van der Waals surface area contributed by atoms with Crippen LogP contribution in [0.5, 0.6) is 0 Å². The molecule has 2 aliphatic rings. The number of hydrogen-bond acceptors (Lipinski definition) is 8. The summed E-state index contributed by atoms with van der Waals surface area (Å²) in [5, 5.41) is 17.8. The summed E-state index contributed by atoms with van der Waals surface area (Å²) in [5.41, 5.74) is 8.23. The molecule has 31 heavy (non-hydrogen) atoms. The third kappa shape index (κ3) is 5.61. The molecule has 0 bridgehead atoms. The van der Waals surface area contributed by atoms with Crippen molar-refractivity contribution >= 4 is 23.1 Å². The van der Waals surface area contributed by atoms with Crippen molar-refractivity contribution in [3.63, 3.8) is 0 Å². The summed E-state index contributed by atoms with van der Waals surface area (Å²) in [4.78, 5) is 21.9. The summed E-state index contributed by atoms with van der Waals surface area (Å²) in [5.74, 6) is 1.10. The topological polar surface area (TPSA) is 122 Å². The molecule has 1 saturated heterocycles. The van der Waals surface area contributed by atoms with E-state index in [-0.39, 0.29) is 17.5 Å². The van der Waals surface area contributed by atoms with Crippen LogP contribution in [0.25, 0.3) is 0 Å². The van der Waals surface area contributed by atoms with Gasteiger partial charge in [0.1, 0.15) is 6.20 Å². The Kier molecular flexibility index (Phi) is 6.81. The molecule has 1 aliphatic heterocycles. The van der Waals surface area contributed by atoms with E-state index < -0.39 is 4.92 Å². The van der Waals surface area contributed by atoms with Crippen molar-refractivity contribution in [3.8, 4) is 0 Å². The SMILES string of the molecule is N[C@H]1CC[C@H](CNc2nc(NCc3cccc(N4CCCC4)c3)ncc2[N+](=O)[O-])CC1. The van der Waals surface area contributed by atoms with Crippen LogP contribution in [0.1, 0.15) is 44.1 Å². The molecule has 2 heterocycles. The lowest BCUT2D eigenvalue weighted by Gasteiger charge is -2.26. The van der Waals surface area contributed by atoms with E-state index in [1.54, 1.807) is 0 Å². The maximum absolute atomic E-state index is 11.4. The van der Waals surface area contributed by atoms with Crippen molar-refractivity contribution in [2.45, 2.75) is 51.1 Å². The van der Waals surface area contributed by atoms with Gasteiger partial charge in [0, 0.05) is 37.9 Å². The van der Waals surface area contributed by atoms with Gasteiger partial charge < -0.3 is 21.3 Å². The molecule has 0 amide bonds. The number of anilines is 3. The lowest BCUT2D eigenvalue weighted by molar-refractivity contribution is -0.384. The first-order chi connectivity index (χ1) is 15.1. The normalized spacial score (nSPS) is 21.1. The summed E-state index contributed by atoms with van der Waals surface area (Å²) in [6.45, 7) is 3.41. The van der Waals surface area contributed by atoms with Gasteiger partial charge in [0.05, 0.1) is 4.92 Å². The minimum absolute atomic E-state index is 0.103. The van der Waals surface area contributed by atoms with Crippen molar-refractivity contribution in [1.29, 1.82) is 0 Å². The van der Waals surface area contributed by atoms with Crippen molar-refractivity contribution in [2.24, 2.45) is 11.7 Å². The maximum atomic E-state index is 11.4. The third-order valence-electron chi connectivity index (χ3n) is 6.25. The number of rotatable bonds is 8. The molecule has 4 rings (SSSR count). The Morgan fingerprint density at radius 2 is 1.94 bits per heavy atom. The summed E-state index contributed by atoms with van der Waals surface area (Å²) in [6, 6.07) is 8.72. The molecule has 0 unspecified atom stereocenters. The van der Waals surface area contributed by atoms with E-state index in [4.69, 9.17) is 5.73 Å². The summed E-state index contributed by atoms with van der Waals surface area (Å²) < 4.78 is 0. The molecule has 1 aliphatic carbocycles.